The molecule has 0 aromatic heterocycles. The SMILES string of the molecule is CC(C)(C)OC(=O)N[C@@H](c1ccccc1)[C@@H](C=O)Cc1ccccc1. The molecule has 2 aromatic rings. The highest BCUT2D eigenvalue weighted by Gasteiger charge is 2.27. The van der Waals surface area contributed by atoms with E-state index in [1.807, 2.05) is 81.4 Å². The predicted octanol–water partition coefficient (Wildman–Crippen LogP) is 4.31. The smallest absolute Gasteiger partial charge is 0.408 e. The number of aldehydes is 1. The predicted molar refractivity (Wildman–Crippen MR) is 98.3 cm³/mol. The summed E-state index contributed by atoms with van der Waals surface area (Å²) in [7, 11) is 0. The van der Waals surface area contributed by atoms with Crippen LogP contribution < -0.4 is 5.32 Å². The number of rotatable bonds is 6. The number of hydrogen-bond donors (Lipinski definition) is 1. The van der Waals surface area contributed by atoms with Gasteiger partial charge in [0.15, 0.2) is 0 Å². The zero-order valence-corrected chi connectivity index (χ0v) is 14.9. The minimum absolute atomic E-state index is 0.391. The maximum absolute atomic E-state index is 12.3. The molecule has 132 valence electrons. The normalized spacial score (nSPS) is 13.6. The van der Waals surface area contributed by atoms with Gasteiger partial charge in [-0.2, -0.15) is 0 Å². The van der Waals surface area contributed by atoms with Gasteiger partial charge in [-0.1, -0.05) is 60.7 Å². The van der Waals surface area contributed by atoms with Crippen molar-refractivity contribution in [3.05, 3.63) is 71.8 Å². The van der Waals surface area contributed by atoms with Crippen molar-refractivity contribution < 1.29 is 14.3 Å². The maximum atomic E-state index is 12.3. The van der Waals surface area contributed by atoms with E-state index in [0.717, 1.165) is 17.4 Å². The number of ether oxygens (including phenoxy) is 1. The number of alkyl carbamates (subject to hydrolysis) is 1. The molecule has 4 nitrogen and oxygen atoms in total. The summed E-state index contributed by atoms with van der Waals surface area (Å²) < 4.78 is 5.37. The monoisotopic (exact) mass is 339 g/mol. The molecule has 2 aromatic carbocycles. The molecule has 0 heterocycles. The molecule has 1 amide bonds. The number of benzene rings is 2. The number of hydrogen-bond acceptors (Lipinski definition) is 3. The zero-order valence-electron chi connectivity index (χ0n) is 14.9. The van der Waals surface area contributed by atoms with Gasteiger partial charge in [-0.15, -0.1) is 0 Å². The Morgan fingerprint density at radius 3 is 2.12 bits per heavy atom. The van der Waals surface area contributed by atoms with Gasteiger partial charge in [0.2, 0.25) is 0 Å². The van der Waals surface area contributed by atoms with E-state index in [2.05, 4.69) is 5.32 Å². The van der Waals surface area contributed by atoms with Gasteiger partial charge in [-0.3, -0.25) is 0 Å². The van der Waals surface area contributed by atoms with E-state index in [4.69, 9.17) is 4.74 Å². The summed E-state index contributed by atoms with van der Waals surface area (Å²) in [5.74, 6) is -0.391. The number of nitrogens with one attached hydrogen (secondary N) is 1. The summed E-state index contributed by atoms with van der Waals surface area (Å²) in [6, 6.07) is 18.8. The highest BCUT2D eigenvalue weighted by atomic mass is 16.6. The van der Waals surface area contributed by atoms with Crippen LogP contribution in [0.4, 0.5) is 4.79 Å². The van der Waals surface area contributed by atoms with E-state index in [0.29, 0.717) is 6.42 Å². The fraction of sp³-hybridized carbons (Fsp3) is 0.333. The average molecular weight is 339 g/mol. The molecule has 0 spiro atoms. The molecule has 0 fully saturated rings. The minimum atomic E-state index is -0.596. The van der Waals surface area contributed by atoms with Gasteiger partial charge in [0.25, 0.3) is 0 Å². The van der Waals surface area contributed by atoms with Crippen molar-refractivity contribution in [1.82, 2.24) is 5.32 Å². The average Bonchev–Trinajstić information content (AvgIpc) is 2.58. The van der Waals surface area contributed by atoms with Crippen LogP contribution in [0.2, 0.25) is 0 Å². The van der Waals surface area contributed by atoms with Gasteiger partial charge in [0, 0.05) is 5.92 Å². The lowest BCUT2D eigenvalue weighted by Gasteiger charge is -2.27. The third kappa shape index (κ3) is 6.07. The van der Waals surface area contributed by atoms with Gasteiger partial charge < -0.3 is 14.8 Å². The topological polar surface area (TPSA) is 55.4 Å². The van der Waals surface area contributed by atoms with E-state index in [9.17, 15) is 9.59 Å². The highest BCUT2D eigenvalue weighted by molar-refractivity contribution is 5.70. The number of amides is 1. The number of carbonyl (C=O) groups excluding carboxylic acids is 2. The van der Waals surface area contributed by atoms with E-state index in [1.54, 1.807) is 0 Å². The Morgan fingerprint density at radius 2 is 1.60 bits per heavy atom. The molecular formula is C21H25NO3. The van der Waals surface area contributed by atoms with Gasteiger partial charge >= 0.3 is 6.09 Å². The van der Waals surface area contributed by atoms with Crippen LogP contribution in [0.5, 0.6) is 0 Å². The summed E-state index contributed by atoms with van der Waals surface area (Å²) >= 11 is 0. The quantitative estimate of drug-likeness (QED) is 0.798. The van der Waals surface area contributed by atoms with Gasteiger partial charge in [-0.25, -0.2) is 4.79 Å². The first-order valence-electron chi connectivity index (χ1n) is 8.43. The van der Waals surface area contributed by atoms with E-state index < -0.39 is 23.7 Å². The van der Waals surface area contributed by atoms with Crippen LogP contribution in [0.25, 0.3) is 0 Å². The minimum Gasteiger partial charge on any atom is -0.444 e. The van der Waals surface area contributed by atoms with Crippen molar-refractivity contribution in [3.8, 4) is 0 Å². The largest absolute Gasteiger partial charge is 0.444 e. The van der Waals surface area contributed by atoms with Gasteiger partial charge in [-0.05, 0) is 38.3 Å². The summed E-state index contributed by atoms with van der Waals surface area (Å²) in [5.41, 5.74) is 1.33. The summed E-state index contributed by atoms with van der Waals surface area (Å²) in [5, 5.41) is 2.87. The standard InChI is InChI=1S/C21H25NO3/c1-21(2,3)25-20(24)22-19(17-12-8-5-9-13-17)18(15-23)14-16-10-6-4-7-11-16/h4-13,15,18-19H,14H2,1-3H3,(H,22,24)/t18-,19+/m1/s1. The third-order valence-electron chi connectivity index (χ3n) is 3.75. The summed E-state index contributed by atoms with van der Waals surface area (Å²) in [4.78, 5) is 24.1. The Labute approximate surface area is 149 Å². The van der Waals surface area contributed by atoms with Gasteiger partial charge in [0.1, 0.15) is 11.9 Å². The van der Waals surface area contributed by atoms with Crippen LogP contribution in [0.1, 0.15) is 37.9 Å². The Kier molecular flexibility index (Phi) is 6.34. The third-order valence-corrected chi connectivity index (χ3v) is 3.75. The summed E-state index contributed by atoms with van der Waals surface area (Å²) in [6.07, 6.45) is 0.920. The molecule has 0 bridgehead atoms. The molecule has 0 radical (unpaired) electrons. The van der Waals surface area contributed by atoms with Crippen molar-refractivity contribution in [2.75, 3.05) is 0 Å². The second kappa shape index (κ2) is 8.47. The fourth-order valence-electron chi connectivity index (χ4n) is 2.66. The van der Waals surface area contributed by atoms with Crippen molar-refractivity contribution in [1.29, 1.82) is 0 Å². The number of carbonyl (C=O) groups is 2. The molecule has 0 aliphatic heterocycles. The molecule has 0 unspecified atom stereocenters. The molecular weight excluding hydrogens is 314 g/mol. The molecule has 0 aliphatic rings. The molecule has 4 heteroatoms. The Morgan fingerprint density at radius 1 is 1.04 bits per heavy atom. The van der Waals surface area contributed by atoms with Crippen molar-refractivity contribution in [2.45, 2.75) is 38.8 Å². The summed E-state index contributed by atoms with van der Waals surface area (Å²) in [6.45, 7) is 5.43. The zero-order chi connectivity index (χ0) is 18.3. The maximum Gasteiger partial charge on any atom is 0.408 e. The van der Waals surface area contributed by atoms with Crippen LogP contribution in [-0.2, 0) is 16.0 Å². The Balaban J connectivity index is 2.23. The van der Waals surface area contributed by atoms with Crippen LogP contribution in [-0.4, -0.2) is 18.0 Å². The van der Waals surface area contributed by atoms with Crippen LogP contribution in [0, 0.1) is 5.92 Å². The lowest BCUT2D eigenvalue weighted by atomic mass is 9.89. The van der Waals surface area contributed by atoms with E-state index in [-0.39, 0.29) is 0 Å². The first kappa shape index (κ1) is 18.7. The molecule has 2 rings (SSSR count). The van der Waals surface area contributed by atoms with Crippen LogP contribution in [0.3, 0.4) is 0 Å². The van der Waals surface area contributed by atoms with Gasteiger partial charge in [0.05, 0.1) is 6.04 Å². The first-order chi connectivity index (χ1) is 11.9. The molecule has 1 N–H and O–H groups in total. The lowest BCUT2D eigenvalue weighted by molar-refractivity contribution is -0.111. The molecule has 25 heavy (non-hydrogen) atoms. The van der Waals surface area contributed by atoms with Crippen molar-refractivity contribution in [2.24, 2.45) is 5.92 Å². The Hall–Kier alpha value is -2.62. The molecule has 0 saturated heterocycles. The second-order valence-electron chi connectivity index (χ2n) is 7.02. The Bertz CT molecular complexity index is 677. The molecule has 0 saturated carbocycles. The van der Waals surface area contributed by atoms with Crippen molar-refractivity contribution in [3.63, 3.8) is 0 Å². The lowest BCUT2D eigenvalue weighted by Crippen LogP contribution is -2.38. The molecule has 0 aliphatic carbocycles. The van der Waals surface area contributed by atoms with E-state index in [1.165, 1.54) is 0 Å². The van der Waals surface area contributed by atoms with E-state index >= 15 is 0 Å². The first-order valence-corrected chi connectivity index (χ1v) is 8.43. The van der Waals surface area contributed by atoms with Crippen LogP contribution >= 0.6 is 0 Å². The van der Waals surface area contributed by atoms with Crippen molar-refractivity contribution >= 4 is 12.4 Å². The molecule has 2 atom stereocenters. The fourth-order valence-corrected chi connectivity index (χ4v) is 2.66. The highest BCUT2D eigenvalue weighted by Crippen LogP contribution is 2.25. The van der Waals surface area contributed by atoms with Crippen LogP contribution in [0.15, 0.2) is 60.7 Å². The second-order valence-corrected chi connectivity index (χ2v) is 7.02.